The number of halogens is 2. The number of aromatic nitrogens is 2. The molecule has 0 aliphatic carbocycles. The van der Waals surface area contributed by atoms with Gasteiger partial charge in [-0.05, 0) is 53.2 Å². The van der Waals surface area contributed by atoms with Crippen LogP contribution in [-0.4, -0.2) is 18.2 Å². The zero-order valence-electron chi connectivity index (χ0n) is 15.9. The van der Waals surface area contributed by atoms with E-state index in [4.69, 9.17) is 0 Å². The lowest BCUT2D eigenvalue weighted by Gasteiger charge is -2.12. The van der Waals surface area contributed by atoms with E-state index in [0.29, 0.717) is 20.5 Å². The molecule has 0 amide bonds. The van der Waals surface area contributed by atoms with E-state index in [1.807, 2.05) is 61.5 Å². The van der Waals surface area contributed by atoms with Crippen LogP contribution < -0.4 is 4.72 Å². The zero-order valence-corrected chi connectivity index (χ0v) is 19.9. The van der Waals surface area contributed by atoms with Gasteiger partial charge in [0.1, 0.15) is 10.7 Å². The van der Waals surface area contributed by atoms with E-state index >= 15 is 0 Å². The van der Waals surface area contributed by atoms with Crippen molar-refractivity contribution in [1.29, 1.82) is 0 Å². The van der Waals surface area contributed by atoms with Crippen LogP contribution in [0.5, 0.6) is 0 Å². The van der Waals surface area contributed by atoms with Crippen LogP contribution in [0, 0.1) is 6.92 Å². The smallest absolute Gasteiger partial charge is 0.263 e. The number of hydrogen-bond acceptors (Lipinski definition) is 3. The molecule has 0 spiro atoms. The van der Waals surface area contributed by atoms with Gasteiger partial charge < -0.3 is 0 Å². The number of anilines is 1. The summed E-state index contributed by atoms with van der Waals surface area (Å²) in [7, 11) is -3.86. The highest BCUT2D eigenvalue weighted by atomic mass is 79.9. The average molecular weight is 547 g/mol. The molecule has 0 saturated heterocycles. The summed E-state index contributed by atoms with van der Waals surface area (Å²) in [6.07, 6.45) is 0. The summed E-state index contributed by atoms with van der Waals surface area (Å²) >= 11 is 6.66. The molecule has 0 unspecified atom stereocenters. The van der Waals surface area contributed by atoms with E-state index in [2.05, 4.69) is 41.7 Å². The van der Waals surface area contributed by atoms with Crippen LogP contribution in [0.15, 0.2) is 92.7 Å². The van der Waals surface area contributed by atoms with Gasteiger partial charge >= 0.3 is 0 Å². The fourth-order valence-corrected chi connectivity index (χ4v) is 5.50. The highest BCUT2D eigenvalue weighted by Crippen LogP contribution is 2.30. The van der Waals surface area contributed by atoms with Crippen molar-refractivity contribution in [2.45, 2.75) is 11.8 Å². The van der Waals surface area contributed by atoms with Crippen molar-refractivity contribution in [3.63, 3.8) is 0 Å². The first-order valence-corrected chi connectivity index (χ1v) is 12.1. The van der Waals surface area contributed by atoms with Crippen molar-refractivity contribution in [2.75, 3.05) is 4.72 Å². The van der Waals surface area contributed by atoms with Gasteiger partial charge in [-0.25, -0.2) is 13.1 Å². The molecule has 0 saturated carbocycles. The van der Waals surface area contributed by atoms with Crippen LogP contribution >= 0.6 is 31.9 Å². The first-order chi connectivity index (χ1) is 14.3. The molecule has 152 valence electrons. The van der Waals surface area contributed by atoms with Crippen LogP contribution in [0.3, 0.4) is 0 Å². The van der Waals surface area contributed by atoms with Gasteiger partial charge in [0.2, 0.25) is 0 Å². The Kier molecular flexibility index (Phi) is 5.81. The lowest BCUT2D eigenvalue weighted by Crippen LogP contribution is -2.16. The number of aryl methyl sites for hydroxylation is 1. The van der Waals surface area contributed by atoms with Gasteiger partial charge in [0.15, 0.2) is 0 Å². The molecular formula is C22H17Br2N3O2S. The maximum absolute atomic E-state index is 13.1. The van der Waals surface area contributed by atoms with Gasteiger partial charge in [-0.15, -0.1) is 0 Å². The molecule has 30 heavy (non-hydrogen) atoms. The number of rotatable bonds is 5. The molecule has 3 aromatic carbocycles. The average Bonchev–Trinajstić information content (AvgIpc) is 3.14. The topological polar surface area (TPSA) is 64.0 Å². The summed E-state index contributed by atoms with van der Waals surface area (Å²) in [5.74, 6) is 0.351. The molecule has 0 aliphatic heterocycles. The van der Waals surface area contributed by atoms with Crippen LogP contribution in [0.1, 0.15) is 5.56 Å². The quantitative estimate of drug-likeness (QED) is 0.325. The first-order valence-electron chi connectivity index (χ1n) is 9.04. The Balaban J connectivity index is 1.82. The number of nitrogens with zero attached hydrogens (tertiary/aromatic N) is 2. The minimum atomic E-state index is -3.86. The van der Waals surface area contributed by atoms with Crippen molar-refractivity contribution in [3.8, 4) is 16.9 Å². The molecule has 4 rings (SSSR count). The van der Waals surface area contributed by atoms with Crippen molar-refractivity contribution in [1.82, 2.24) is 9.78 Å². The highest BCUT2D eigenvalue weighted by Gasteiger charge is 2.22. The Morgan fingerprint density at radius 1 is 0.900 bits per heavy atom. The van der Waals surface area contributed by atoms with Gasteiger partial charge in [0.05, 0.1) is 11.4 Å². The summed E-state index contributed by atoms with van der Waals surface area (Å²) in [6, 6.07) is 24.1. The van der Waals surface area contributed by atoms with Crippen LogP contribution in [-0.2, 0) is 10.0 Å². The lowest BCUT2D eigenvalue weighted by atomic mass is 10.1. The van der Waals surface area contributed by atoms with Gasteiger partial charge in [0.25, 0.3) is 10.0 Å². The van der Waals surface area contributed by atoms with Gasteiger partial charge in [-0.2, -0.15) is 5.10 Å². The van der Waals surface area contributed by atoms with Crippen molar-refractivity contribution in [3.05, 3.63) is 93.4 Å². The fraction of sp³-hybridized carbons (Fsp3) is 0.0455. The number of benzene rings is 3. The van der Waals surface area contributed by atoms with E-state index in [9.17, 15) is 8.42 Å². The summed E-state index contributed by atoms with van der Waals surface area (Å²) in [6.45, 7) is 2.02. The molecule has 8 heteroatoms. The molecule has 0 fully saturated rings. The maximum atomic E-state index is 13.1. The van der Waals surface area contributed by atoms with Gasteiger partial charge in [-0.3, -0.25) is 4.72 Å². The van der Waals surface area contributed by atoms with Gasteiger partial charge in [-0.1, -0.05) is 64.0 Å². The van der Waals surface area contributed by atoms with E-state index in [0.717, 1.165) is 16.8 Å². The number of nitrogens with one attached hydrogen (secondary N) is 1. The Morgan fingerprint density at radius 2 is 1.60 bits per heavy atom. The van der Waals surface area contributed by atoms with Crippen LogP contribution in [0.4, 0.5) is 5.82 Å². The van der Waals surface area contributed by atoms with Crippen LogP contribution in [0.2, 0.25) is 0 Å². The summed E-state index contributed by atoms with van der Waals surface area (Å²) in [4.78, 5) is 0.134. The Labute approximate surface area is 192 Å². The third-order valence-corrected chi connectivity index (χ3v) is 7.32. The standard InChI is InChI=1S/C22H17Br2N3O2S/c1-15-7-9-16(10-8-15)20-14-22(27(25-20)18-5-3-2-4-6-18)26-30(28,29)21-13-17(23)11-12-19(21)24/h2-14,26H,1H3. The first kappa shape index (κ1) is 20.8. The molecule has 1 heterocycles. The SMILES string of the molecule is Cc1ccc(-c2cc(NS(=O)(=O)c3cc(Br)ccc3Br)n(-c3ccccc3)n2)cc1. The van der Waals surface area contributed by atoms with E-state index < -0.39 is 10.0 Å². The van der Waals surface area contributed by atoms with E-state index in [1.54, 1.807) is 28.9 Å². The molecule has 1 N–H and O–H groups in total. The van der Waals surface area contributed by atoms with E-state index in [-0.39, 0.29) is 4.90 Å². The Morgan fingerprint density at radius 3 is 2.30 bits per heavy atom. The number of para-hydroxylation sites is 1. The number of hydrogen-bond donors (Lipinski definition) is 1. The minimum absolute atomic E-state index is 0.134. The summed E-state index contributed by atoms with van der Waals surface area (Å²) < 4.78 is 31.7. The predicted molar refractivity (Wildman–Crippen MR) is 126 cm³/mol. The third kappa shape index (κ3) is 4.35. The molecule has 4 aromatic rings. The molecule has 0 radical (unpaired) electrons. The molecule has 1 aromatic heterocycles. The lowest BCUT2D eigenvalue weighted by molar-refractivity contribution is 0.600. The second-order valence-corrected chi connectivity index (χ2v) is 10.1. The van der Waals surface area contributed by atoms with Crippen LogP contribution in [0.25, 0.3) is 16.9 Å². The molecule has 0 aliphatic rings. The molecule has 0 atom stereocenters. The summed E-state index contributed by atoms with van der Waals surface area (Å²) in [5.41, 5.74) is 3.47. The summed E-state index contributed by atoms with van der Waals surface area (Å²) in [5, 5.41) is 4.67. The molecule has 0 bridgehead atoms. The Bertz CT molecular complexity index is 1300. The monoisotopic (exact) mass is 545 g/mol. The molecular weight excluding hydrogens is 530 g/mol. The Hall–Kier alpha value is -2.42. The van der Waals surface area contributed by atoms with Gasteiger partial charge in [0, 0.05) is 20.6 Å². The zero-order chi connectivity index (χ0) is 21.3. The minimum Gasteiger partial charge on any atom is -0.263 e. The maximum Gasteiger partial charge on any atom is 0.264 e. The second kappa shape index (κ2) is 8.37. The van der Waals surface area contributed by atoms with E-state index in [1.165, 1.54) is 0 Å². The fourth-order valence-electron chi connectivity index (χ4n) is 2.96. The normalized spacial score (nSPS) is 11.4. The molecule has 5 nitrogen and oxygen atoms in total. The second-order valence-electron chi connectivity index (χ2n) is 6.71. The number of sulfonamides is 1. The predicted octanol–water partition coefficient (Wildman–Crippen LogP) is 6.17. The van der Waals surface area contributed by atoms with Crippen molar-refractivity contribution < 1.29 is 8.42 Å². The highest BCUT2D eigenvalue weighted by molar-refractivity contribution is 9.11. The van der Waals surface area contributed by atoms with Crippen molar-refractivity contribution >= 4 is 47.7 Å². The largest absolute Gasteiger partial charge is 0.264 e. The van der Waals surface area contributed by atoms with Crippen molar-refractivity contribution in [2.24, 2.45) is 0 Å². The third-order valence-electron chi connectivity index (χ3n) is 4.48.